The highest BCUT2D eigenvalue weighted by molar-refractivity contribution is 5.89. The van der Waals surface area contributed by atoms with Gasteiger partial charge in [0.15, 0.2) is 11.6 Å². The molecule has 0 spiro atoms. The molecule has 1 N–H and O–H groups in total. The van der Waals surface area contributed by atoms with Gasteiger partial charge in [-0.25, -0.2) is 0 Å². The van der Waals surface area contributed by atoms with Crippen molar-refractivity contribution in [2.24, 2.45) is 0 Å². The molecule has 1 amide bonds. The Labute approximate surface area is 129 Å². The Morgan fingerprint density at radius 1 is 1.26 bits per heavy atom. The van der Waals surface area contributed by atoms with Crippen molar-refractivity contribution in [3.05, 3.63) is 46.3 Å². The molecule has 0 aliphatic rings. The van der Waals surface area contributed by atoms with Gasteiger partial charge in [-0.1, -0.05) is 10.3 Å². The lowest BCUT2D eigenvalue weighted by molar-refractivity contribution is -0.116. The minimum Gasteiger partial charge on any atom is -0.360 e. The molecule has 0 aromatic carbocycles. The van der Waals surface area contributed by atoms with Crippen LogP contribution in [0.1, 0.15) is 11.6 Å². The Hall–Kier alpha value is -3.23. The van der Waals surface area contributed by atoms with Gasteiger partial charge < -0.3 is 18.9 Å². The number of amides is 1. The number of nitrogens with zero attached hydrogens (tertiary/aromatic N) is 4. The third-order valence-electron chi connectivity index (χ3n) is 2.97. The lowest BCUT2D eigenvalue weighted by Gasteiger charge is -2.06. The summed E-state index contributed by atoms with van der Waals surface area (Å²) >= 11 is 0. The number of nitrogens with one attached hydrogen (secondary N) is 1. The normalized spacial score (nSPS) is 10.7. The summed E-state index contributed by atoms with van der Waals surface area (Å²) < 4.78 is 11.2. The van der Waals surface area contributed by atoms with Gasteiger partial charge in [0, 0.05) is 18.3 Å². The Morgan fingerprint density at radius 3 is 2.74 bits per heavy atom. The van der Waals surface area contributed by atoms with Gasteiger partial charge in [-0.2, -0.15) is 4.98 Å². The van der Waals surface area contributed by atoms with Crippen LogP contribution in [0.3, 0.4) is 0 Å². The average Bonchev–Trinajstić information content (AvgIpc) is 3.10. The standard InChI is InChI=1S/C14H13N5O4/c1-8-5-11(18-22-8)16-12(20)7-19-6-10(3-4-13(19)21)14-15-9(2)17-23-14/h3-6H,7H2,1-2H3,(H,16,18,20). The highest BCUT2D eigenvalue weighted by atomic mass is 16.5. The Balaban J connectivity index is 1.79. The molecule has 0 atom stereocenters. The van der Waals surface area contributed by atoms with E-state index in [1.165, 1.54) is 16.8 Å². The molecule has 23 heavy (non-hydrogen) atoms. The van der Waals surface area contributed by atoms with Crippen LogP contribution in [-0.2, 0) is 11.3 Å². The molecule has 0 saturated carbocycles. The first-order valence-electron chi connectivity index (χ1n) is 6.75. The van der Waals surface area contributed by atoms with Crippen molar-refractivity contribution < 1.29 is 13.8 Å². The van der Waals surface area contributed by atoms with Crippen LogP contribution in [0.2, 0.25) is 0 Å². The first-order chi connectivity index (χ1) is 11.0. The van der Waals surface area contributed by atoms with Crippen LogP contribution in [0, 0.1) is 13.8 Å². The van der Waals surface area contributed by atoms with Crippen molar-refractivity contribution in [3.63, 3.8) is 0 Å². The van der Waals surface area contributed by atoms with E-state index in [1.54, 1.807) is 26.0 Å². The van der Waals surface area contributed by atoms with Crippen LogP contribution >= 0.6 is 0 Å². The zero-order chi connectivity index (χ0) is 16.4. The molecule has 0 unspecified atom stereocenters. The smallest absolute Gasteiger partial charge is 0.259 e. The van der Waals surface area contributed by atoms with Crippen LogP contribution in [0.15, 0.2) is 38.2 Å². The predicted octanol–water partition coefficient (Wildman–Crippen LogP) is 1.14. The van der Waals surface area contributed by atoms with Gasteiger partial charge in [-0.15, -0.1) is 0 Å². The quantitative estimate of drug-likeness (QED) is 0.767. The number of aromatic nitrogens is 4. The fourth-order valence-corrected chi connectivity index (χ4v) is 1.96. The summed E-state index contributed by atoms with van der Waals surface area (Å²) in [6.45, 7) is 3.23. The molecular weight excluding hydrogens is 302 g/mol. The fourth-order valence-electron chi connectivity index (χ4n) is 1.96. The van der Waals surface area contributed by atoms with E-state index in [1.807, 2.05) is 0 Å². The second-order valence-corrected chi connectivity index (χ2v) is 4.90. The van der Waals surface area contributed by atoms with Crippen molar-refractivity contribution in [1.29, 1.82) is 0 Å². The number of carbonyl (C=O) groups excluding carboxylic acids is 1. The molecule has 0 fully saturated rings. The molecule has 0 saturated heterocycles. The number of rotatable bonds is 4. The molecule has 3 rings (SSSR count). The molecular formula is C14H13N5O4. The lowest BCUT2D eigenvalue weighted by atomic mass is 10.3. The summed E-state index contributed by atoms with van der Waals surface area (Å²) in [6, 6.07) is 4.48. The Morgan fingerprint density at radius 2 is 2.09 bits per heavy atom. The molecule has 9 nitrogen and oxygen atoms in total. The topological polar surface area (TPSA) is 116 Å². The minimum atomic E-state index is -0.403. The third kappa shape index (κ3) is 3.34. The highest BCUT2D eigenvalue weighted by Gasteiger charge is 2.11. The second kappa shape index (κ2) is 5.87. The molecule has 0 radical (unpaired) electrons. The van der Waals surface area contributed by atoms with E-state index in [9.17, 15) is 9.59 Å². The summed E-state index contributed by atoms with van der Waals surface area (Å²) in [5.74, 6) is 1.23. The SMILES string of the molecule is Cc1noc(-c2ccc(=O)n(CC(=O)Nc3cc(C)on3)c2)n1. The molecule has 3 heterocycles. The van der Waals surface area contributed by atoms with Crippen molar-refractivity contribution >= 4 is 11.7 Å². The zero-order valence-electron chi connectivity index (χ0n) is 12.4. The summed E-state index contributed by atoms with van der Waals surface area (Å²) in [5.41, 5.74) is 0.228. The molecule has 3 aromatic rings. The lowest BCUT2D eigenvalue weighted by Crippen LogP contribution is -2.26. The van der Waals surface area contributed by atoms with Gasteiger partial charge >= 0.3 is 0 Å². The maximum absolute atomic E-state index is 12.0. The van der Waals surface area contributed by atoms with Gasteiger partial charge in [0.1, 0.15) is 12.3 Å². The molecule has 0 bridgehead atoms. The summed E-state index contributed by atoms with van der Waals surface area (Å²) in [6.07, 6.45) is 1.49. The number of aryl methyl sites for hydroxylation is 2. The monoisotopic (exact) mass is 315 g/mol. The van der Waals surface area contributed by atoms with E-state index in [0.29, 0.717) is 23.0 Å². The van der Waals surface area contributed by atoms with Crippen molar-refractivity contribution in [3.8, 4) is 11.5 Å². The number of pyridine rings is 1. The average molecular weight is 315 g/mol. The molecule has 0 aliphatic heterocycles. The molecule has 0 aliphatic carbocycles. The first-order valence-corrected chi connectivity index (χ1v) is 6.75. The summed E-state index contributed by atoms with van der Waals surface area (Å²) in [4.78, 5) is 28.0. The number of carbonyl (C=O) groups is 1. The highest BCUT2D eigenvalue weighted by Crippen LogP contribution is 2.15. The van der Waals surface area contributed by atoms with Crippen LogP contribution in [0.4, 0.5) is 5.82 Å². The zero-order valence-corrected chi connectivity index (χ0v) is 12.4. The number of anilines is 1. The fraction of sp³-hybridized carbons (Fsp3) is 0.214. The van der Waals surface area contributed by atoms with Crippen LogP contribution < -0.4 is 10.9 Å². The van der Waals surface area contributed by atoms with E-state index < -0.39 is 5.91 Å². The van der Waals surface area contributed by atoms with Gasteiger partial charge in [-0.3, -0.25) is 9.59 Å². The second-order valence-electron chi connectivity index (χ2n) is 4.90. The molecule has 118 valence electrons. The summed E-state index contributed by atoms with van der Waals surface area (Å²) in [7, 11) is 0. The molecule has 3 aromatic heterocycles. The third-order valence-corrected chi connectivity index (χ3v) is 2.97. The van der Waals surface area contributed by atoms with E-state index >= 15 is 0 Å². The van der Waals surface area contributed by atoms with Crippen molar-refractivity contribution in [1.82, 2.24) is 19.9 Å². The molecule has 9 heteroatoms. The Kier molecular flexibility index (Phi) is 3.75. The van der Waals surface area contributed by atoms with E-state index in [4.69, 9.17) is 9.05 Å². The van der Waals surface area contributed by atoms with Gasteiger partial charge in [-0.05, 0) is 19.9 Å². The maximum atomic E-state index is 12.0. The van der Waals surface area contributed by atoms with Gasteiger partial charge in [0.25, 0.3) is 11.4 Å². The van der Waals surface area contributed by atoms with E-state index in [2.05, 4.69) is 20.6 Å². The van der Waals surface area contributed by atoms with E-state index in [-0.39, 0.29) is 18.0 Å². The number of hydrogen-bond donors (Lipinski definition) is 1. The maximum Gasteiger partial charge on any atom is 0.259 e. The van der Waals surface area contributed by atoms with Crippen molar-refractivity contribution in [2.75, 3.05) is 5.32 Å². The van der Waals surface area contributed by atoms with Gasteiger partial charge in [0.2, 0.25) is 5.91 Å². The largest absolute Gasteiger partial charge is 0.360 e. The summed E-state index contributed by atoms with van der Waals surface area (Å²) in [5, 5.41) is 9.90. The van der Waals surface area contributed by atoms with Crippen molar-refractivity contribution in [2.45, 2.75) is 20.4 Å². The Bertz CT molecular complexity index is 908. The number of hydrogen-bond acceptors (Lipinski definition) is 7. The minimum absolute atomic E-state index is 0.175. The van der Waals surface area contributed by atoms with E-state index in [0.717, 1.165) is 0 Å². The van der Waals surface area contributed by atoms with Crippen LogP contribution in [-0.4, -0.2) is 25.8 Å². The van der Waals surface area contributed by atoms with Crippen LogP contribution in [0.25, 0.3) is 11.5 Å². The predicted molar refractivity (Wildman–Crippen MR) is 78.6 cm³/mol. The van der Waals surface area contributed by atoms with Gasteiger partial charge in [0.05, 0.1) is 5.56 Å². The van der Waals surface area contributed by atoms with Crippen LogP contribution in [0.5, 0.6) is 0 Å². The first kappa shape index (κ1) is 14.7.